The molecule has 1 fully saturated rings. The first-order chi connectivity index (χ1) is 11.1. The smallest absolute Gasteiger partial charge is 0.259 e. The first-order valence-electron chi connectivity index (χ1n) is 7.76. The number of nitrogens with zero attached hydrogens (tertiary/aromatic N) is 2. The van der Waals surface area contributed by atoms with E-state index in [9.17, 15) is 9.59 Å². The van der Waals surface area contributed by atoms with Crippen molar-refractivity contribution in [2.75, 3.05) is 13.1 Å². The highest BCUT2D eigenvalue weighted by atomic mass is 16.2. The fourth-order valence-corrected chi connectivity index (χ4v) is 2.61. The molecule has 0 unspecified atom stereocenters. The van der Waals surface area contributed by atoms with Crippen LogP contribution in [0, 0.1) is 5.41 Å². The van der Waals surface area contributed by atoms with E-state index in [1.807, 2.05) is 0 Å². The minimum atomic E-state index is -0.588. The summed E-state index contributed by atoms with van der Waals surface area (Å²) < 4.78 is 0. The minimum Gasteiger partial charge on any atom is -0.404 e. The normalized spacial score (nSPS) is 18.5. The van der Waals surface area contributed by atoms with Crippen molar-refractivity contribution in [1.82, 2.24) is 10.2 Å². The van der Waals surface area contributed by atoms with Crippen LogP contribution in [0.15, 0.2) is 40.8 Å². The van der Waals surface area contributed by atoms with Crippen molar-refractivity contribution in [1.29, 1.82) is 0 Å². The topological polar surface area (TPSA) is 114 Å². The second kappa shape index (κ2) is 7.81. The van der Waals surface area contributed by atoms with Gasteiger partial charge in [0.1, 0.15) is 0 Å². The second-order valence-corrected chi connectivity index (χ2v) is 6.70. The number of hydrogen-bond donors (Lipinski definition) is 3. The molecule has 1 aliphatic heterocycles. The van der Waals surface area contributed by atoms with Crippen LogP contribution < -0.4 is 16.9 Å². The van der Waals surface area contributed by atoms with Gasteiger partial charge < -0.3 is 16.5 Å². The van der Waals surface area contributed by atoms with Crippen LogP contribution in [0.3, 0.4) is 0 Å². The maximum absolute atomic E-state index is 12.0. The summed E-state index contributed by atoms with van der Waals surface area (Å²) in [7, 11) is 0. The van der Waals surface area contributed by atoms with Crippen molar-refractivity contribution >= 4 is 17.5 Å². The largest absolute Gasteiger partial charge is 0.404 e. The van der Waals surface area contributed by atoms with Crippen molar-refractivity contribution in [3.05, 3.63) is 35.7 Å². The molecule has 1 saturated heterocycles. The third-order valence-electron chi connectivity index (χ3n) is 3.94. The van der Waals surface area contributed by atoms with Crippen LogP contribution in [0.2, 0.25) is 0 Å². The summed E-state index contributed by atoms with van der Waals surface area (Å²) in [6.07, 6.45) is 3.90. The summed E-state index contributed by atoms with van der Waals surface area (Å²) in [5.41, 5.74) is 7.68. The summed E-state index contributed by atoms with van der Waals surface area (Å²) in [4.78, 5) is 25.3. The summed E-state index contributed by atoms with van der Waals surface area (Å²) in [5, 5.41) is 5.96. The molecule has 0 atom stereocenters. The van der Waals surface area contributed by atoms with Crippen LogP contribution in [-0.2, 0) is 9.59 Å². The van der Waals surface area contributed by atoms with Gasteiger partial charge in [0.15, 0.2) is 0 Å². The van der Waals surface area contributed by atoms with E-state index in [0.717, 1.165) is 31.4 Å². The van der Waals surface area contributed by atoms with Crippen molar-refractivity contribution in [2.24, 2.45) is 22.1 Å². The fraction of sp³-hybridized carbons (Fsp3) is 0.471. The predicted octanol–water partition coefficient (Wildman–Crippen LogP) is 0.998. The first-order valence-corrected chi connectivity index (χ1v) is 7.76. The molecular formula is C17H27N5O2. The van der Waals surface area contributed by atoms with Crippen LogP contribution >= 0.6 is 0 Å². The highest BCUT2D eigenvalue weighted by Crippen LogP contribution is 2.32. The lowest BCUT2D eigenvalue weighted by molar-refractivity contribution is -0.127. The summed E-state index contributed by atoms with van der Waals surface area (Å²) in [6.45, 7) is 13.1. The van der Waals surface area contributed by atoms with E-state index in [1.54, 1.807) is 13.0 Å². The molecule has 1 heterocycles. The number of allylic oxidation sites excluding steroid dienone is 2. The number of hydrogen-bond acceptors (Lipinski definition) is 6. The first kappa shape index (κ1) is 19.5. The Bertz CT molecular complexity index is 629. The minimum absolute atomic E-state index is 0.131. The highest BCUT2D eigenvalue weighted by Gasteiger charge is 2.31. The Morgan fingerprint density at radius 3 is 2.38 bits per heavy atom. The van der Waals surface area contributed by atoms with E-state index in [1.165, 1.54) is 6.92 Å². The van der Waals surface area contributed by atoms with Crippen molar-refractivity contribution < 1.29 is 9.59 Å². The SMILES string of the molecule is C=C(/C=C(\C(C)=N/N)N1CCC(C)(C)C1)/C(=C/N)C(=O)NC(C)=O. The van der Waals surface area contributed by atoms with Crippen LogP contribution in [0.4, 0.5) is 0 Å². The van der Waals surface area contributed by atoms with Gasteiger partial charge in [0, 0.05) is 26.2 Å². The number of amides is 2. The number of nitrogens with one attached hydrogen (secondary N) is 1. The van der Waals surface area contributed by atoms with Gasteiger partial charge in [-0.25, -0.2) is 0 Å². The lowest BCUT2D eigenvalue weighted by atomic mass is 9.93. The summed E-state index contributed by atoms with van der Waals surface area (Å²) in [6, 6.07) is 0. The lowest BCUT2D eigenvalue weighted by Gasteiger charge is -2.24. The van der Waals surface area contributed by atoms with E-state index < -0.39 is 11.8 Å². The average molecular weight is 333 g/mol. The van der Waals surface area contributed by atoms with E-state index in [-0.39, 0.29) is 11.0 Å². The zero-order valence-electron chi connectivity index (χ0n) is 14.8. The highest BCUT2D eigenvalue weighted by molar-refractivity contribution is 6.07. The molecule has 0 aromatic heterocycles. The van der Waals surface area contributed by atoms with Crippen molar-refractivity contribution in [3.8, 4) is 0 Å². The maximum atomic E-state index is 12.0. The van der Waals surface area contributed by atoms with Crippen molar-refractivity contribution in [2.45, 2.75) is 34.1 Å². The van der Waals surface area contributed by atoms with Gasteiger partial charge in [0.2, 0.25) is 5.91 Å². The van der Waals surface area contributed by atoms with Gasteiger partial charge in [-0.1, -0.05) is 20.4 Å². The molecule has 0 saturated carbocycles. The van der Waals surface area contributed by atoms with E-state index >= 15 is 0 Å². The van der Waals surface area contributed by atoms with Crippen LogP contribution in [0.25, 0.3) is 0 Å². The molecule has 0 spiro atoms. The molecule has 24 heavy (non-hydrogen) atoms. The quantitative estimate of drug-likeness (QED) is 0.228. The van der Waals surface area contributed by atoms with Gasteiger partial charge in [-0.15, -0.1) is 0 Å². The molecule has 7 nitrogen and oxygen atoms in total. The number of likely N-dealkylation sites (tertiary alicyclic amines) is 1. The Labute approximate surface area is 143 Å². The maximum Gasteiger partial charge on any atom is 0.259 e. The van der Waals surface area contributed by atoms with Gasteiger partial charge in [-0.2, -0.15) is 5.10 Å². The number of carbonyl (C=O) groups is 2. The Kier molecular flexibility index (Phi) is 6.34. The van der Waals surface area contributed by atoms with Gasteiger partial charge in [0.05, 0.1) is 17.0 Å². The average Bonchev–Trinajstić information content (AvgIpc) is 2.83. The second-order valence-electron chi connectivity index (χ2n) is 6.70. The molecule has 1 aliphatic rings. The Morgan fingerprint density at radius 1 is 1.33 bits per heavy atom. The molecule has 7 heteroatoms. The third-order valence-corrected chi connectivity index (χ3v) is 3.94. The Hall–Kier alpha value is -2.57. The van der Waals surface area contributed by atoms with Crippen LogP contribution in [0.5, 0.6) is 0 Å². The summed E-state index contributed by atoms with van der Waals surface area (Å²) >= 11 is 0. The van der Waals surface area contributed by atoms with Gasteiger partial charge in [0.25, 0.3) is 5.91 Å². The van der Waals surface area contributed by atoms with Crippen molar-refractivity contribution in [3.63, 3.8) is 0 Å². The number of carbonyl (C=O) groups excluding carboxylic acids is 2. The number of nitrogens with two attached hydrogens (primary N) is 2. The van der Waals surface area contributed by atoms with Gasteiger partial charge in [-0.05, 0) is 30.4 Å². The van der Waals surface area contributed by atoms with E-state index in [0.29, 0.717) is 11.3 Å². The monoisotopic (exact) mass is 333 g/mol. The standard InChI is InChI=1S/C17H27N5O2/c1-11(14(9-18)16(24)20-13(3)23)8-15(12(2)21-19)22-7-6-17(4,5)10-22/h8-9H,1,6-7,10,18-19H2,2-5H3,(H,20,23,24)/b14-9-,15-8+,21-12-. The number of rotatable bonds is 5. The molecular weight excluding hydrogens is 306 g/mol. The zero-order valence-corrected chi connectivity index (χ0v) is 14.8. The molecule has 5 N–H and O–H groups in total. The zero-order chi connectivity index (χ0) is 18.5. The van der Waals surface area contributed by atoms with E-state index in [2.05, 4.69) is 35.7 Å². The molecule has 0 radical (unpaired) electrons. The lowest BCUT2D eigenvalue weighted by Crippen LogP contribution is -2.31. The van der Waals surface area contributed by atoms with E-state index in [4.69, 9.17) is 11.6 Å². The number of imide groups is 1. The molecule has 1 rings (SSSR count). The Balaban J connectivity index is 3.12. The molecule has 0 bridgehead atoms. The molecule has 2 amide bonds. The molecule has 0 aliphatic carbocycles. The van der Waals surface area contributed by atoms with Crippen LogP contribution in [0.1, 0.15) is 34.1 Å². The van der Waals surface area contributed by atoms with Gasteiger partial charge in [-0.3, -0.25) is 14.9 Å². The molecule has 0 aromatic rings. The summed E-state index contributed by atoms with van der Waals surface area (Å²) in [5.74, 6) is 4.40. The Morgan fingerprint density at radius 2 is 1.96 bits per heavy atom. The predicted molar refractivity (Wildman–Crippen MR) is 95.6 cm³/mol. The fourth-order valence-electron chi connectivity index (χ4n) is 2.61. The van der Waals surface area contributed by atoms with Gasteiger partial charge >= 0.3 is 0 Å². The third kappa shape index (κ3) is 4.97. The molecule has 0 aromatic carbocycles. The molecule has 132 valence electrons. The van der Waals surface area contributed by atoms with Crippen LogP contribution in [-0.4, -0.2) is 35.5 Å². The number of hydrazone groups is 1.